The molecule has 0 N–H and O–H groups in total. The van der Waals surface area contributed by atoms with Crippen molar-refractivity contribution in [3.05, 3.63) is 47.9 Å². The summed E-state index contributed by atoms with van der Waals surface area (Å²) in [5.41, 5.74) is 0.195. The van der Waals surface area contributed by atoms with E-state index in [9.17, 15) is 13.6 Å². The van der Waals surface area contributed by atoms with Crippen molar-refractivity contribution in [3.8, 4) is 11.8 Å². The maximum absolute atomic E-state index is 14.6. The second-order valence-electron chi connectivity index (χ2n) is 7.40. The number of aromatic nitrogens is 2. The molecule has 0 spiro atoms. The Hall–Kier alpha value is -3.28. The van der Waals surface area contributed by atoms with Crippen molar-refractivity contribution in [1.82, 2.24) is 14.9 Å². The third-order valence-electron chi connectivity index (χ3n) is 5.29. The van der Waals surface area contributed by atoms with Crippen LogP contribution in [0.4, 0.5) is 14.6 Å². The summed E-state index contributed by atoms with van der Waals surface area (Å²) in [4.78, 5) is 24.4. The molecule has 32 heavy (non-hydrogen) atoms. The first-order valence-corrected chi connectivity index (χ1v) is 10.5. The number of methoxy groups -OCH3 is 1. The summed E-state index contributed by atoms with van der Waals surface area (Å²) in [5.74, 6) is -2.59. The van der Waals surface area contributed by atoms with E-state index in [0.29, 0.717) is 31.0 Å². The highest BCUT2D eigenvalue weighted by atomic mass is 19.3. The summed E-state index contributed by atoms with van der Waals surface area (Å²) in [6.07, 6.45) is 3.05. The molecular weight excluding hydrogens is 416 g/mol. The fraction of sp³-hybridized carbons (Fsp3) is 0.478. The lowest BCUT2D eigenvalue weighted by Crippen LogP contribution is -2.45. The van der Waals surface area contributed by atoms with Gasteiger partial charge in [0.2, 0.25) is 5.91 Å². The van der Waals surface area contributed by atoms with E-state index in [0.717, 1.165) is 6.20 Å². The van der Waals surface area contributed by atoms with Crippen molar-refractivity contribution in [2.45, 2.75) is 45.6 Å². The van der Waals surface area contributed by atoms with Gasteiger partial charge >= 0.3 is 0 Å². The quantitative estimate of drug-likeness (QED) is 0.520. The smallest absolute Gasteiger partial charge is 0.275 e. The highest BCUT2D eigenvalue weighted by Crippen LogP contribution is 2.34. The molecule has 0 aliphatic carbocycles. The maximum Gasteiger partial charge on any atom is 0.275 e. The van der Waals surface area contributed by atoms with Crippen LogP contribution < -0.4 is 9.64 Å². The lowest BCUT2D eigenvalue weighted by molar-refractivity contribution is -0.133. The van der Waals surface area contributed by atoms with E-state index in [4.69, 9.17) is 10.00 Å². The largest absolute Gasteiger partial charge is 0.495 e. The van der Waals surface area contributed by atoms with Gasteiger partial charge in [-0.2, -0.15) is 5.26 Å². The van der Waals surface area contributed by atoms with Crippen molar-refractivity contribution >= 4 is 11.7 Å². The molecule has 172 valence electrons. The van der Waals surface area contributed by atoms with Crippen LogP contribution in [0.5, 0.6) is 5.75 Å². The van der Waals surface area contributed by atoms with Crippen molar-refractivity contribution in [3.63, 3.8) is 0 Å². The SMILES string of the molecule is CCN(CC(C)N(CC)c1ccc(C#N)cn1)C(=O)CCC(F)(F)c1cncc(OC)c1. The second kappa shape index (κ2) is 11.4. The van der Waals surface area contributed by atoms with E-state index in [1.54, 1.807) is 17.0 Å². The third-order valence-corrected chi connectivity index (χ3v) is 5.29. The first-order chi connectivity index (χ1) is 15.2. The van der Waals surface area contributed by atoms with E-state index in [-0.39, 0.29) is 29.7 Å². The summed E-state index contributed by atoms with van der Waals surface area (Å²) in [6.45, 7) is 7.18. The minimum Gasteiger partial charge on any atom is -0.495 e. The van der Waals surface area contributed by atoms with Gasteiger partial charge in [-0.05, 0) is 39.0 Å². The number of amides is 1. The van der Waals surface area contributed by atoms with Gasteiger partial charge in [0.25, 0.3) is 5.92 Å². The van der Waals surface area contributed by atoms with Gasteiger partial charge in [-0.25, -0.2) is 13.8 Å². The van der Waals surface area contributed by atoms with Gasteiger partial charge < -0.3 is 14.5 Å². The van der Waals surface area contributed by atoms with Crippen molar-refractivity contribution in [2.24, 2.45) is 0 Å². The Kier molecular flexibility index (Phi) is 8.88. The van der Waals surface area contributed by atoms with Crippen molar-refractivity contribution < 1.29 is 18.3 Å². The molecule has 0 saturated heterocycles. The monoisotopic (exact) mass is 445 g/mol. The van der Waals surface area contributed by atoms with Crippen LogP contribution in [0.25, 0.3) is 0 Å². The Morgan fingerprint density at radius 1 is 1.25 bits per heavy atom. The number of hydrogen-bond donors (Lipinski definition) is 0. The molecular formula is C23H29F2N5O2. The fourth-order valence-corrected chi connectivity index (χ4v) is 3.44. The number of nitriles is 1. The molecule has 0 fully saturated rings. The molecule has 2 rings (SSSR count). The number of ether oxygens (including phenoxy) is 1. The molecule has 1 atom stereocenters. The maximum atomic E-state index is 14.6. The number of halogens is 2. The fourth-order valence-electron chi connectivity index (χ4n) is 3.44. The number of anilines is 1. The van der Waals surface area contributed by atoms with Gasteiger partial charge in [-0.3, -0.25) is 9.78 Å². The second-order valence-corrected chi connectivity index (χ2v) is 7.40. The van der Waals surface area contributed by atoms with E-state index in [1.165, 1.54) is 25.6 Å². The lowest BCUT2D eigenvalue weighted by atomic mass is 10.0. The number of alkyl halides is 2. The standard InChI is InChI=1S/C23H29F2N5O2/c1-5-29(16-17(3)30(6-2)21-8-7-18(12-26)13-28-21)22(31)9-10-23(24,25)19-11-20(32-4)15-27-14-19/h7-8,11,13-15,17H,5-6,9-10,16H2,1-4H3. The van der Waals surface area contributed by atoms with Gasteiger partial charge in [0.15, 0.2) is 0 Å². The Morgan fingerprint density at radius 2 is 2.00 bits per heavy atom. The van der Waals surface area contributed by atoms with Crippen LogP contribution in [-0.2, 0) is 10.7 Å². The van der Waals surface area contributed by atoms with E-state index < -0.39 is 12.3 Å². The Morgan fingerprint density at radius 3 is 2.56 bits per heavy atom. The van der Waals surface area contributed by atoms with Gasteiger partial charge in [-0.15, -0.1) is 0 Å². The molecule has 1 unspecified atom stereocenters. The van der Waals surface area contributed by atoms with Crippen LogP contribution in [0.15, 0.2) is 36.8 Å². The molecule has 0 aliphatic rings. The number of carbonyl (C=O) groups excluding carboxylic acids is 1. The first-order valence-electron chi connectivity index (χ1n) is 10.5. The Bertz CT molecular complexity index is 931. The third kappa shape index (κ3) is 6.36. The number of nitrogens with zero attached hydrogens (tertiary/aromatic N) is 5. The molecule has 0 bridgehead atoms. The predicted molar refractivity (Wildman–Crippen MR) is 118 cm³/mol. The normalized spacial score (nSPS) is 12.0. The average molecular weight is 446 g/mol. The van der Waals surface area contributed by atoms with Crippen LogP contribution >= 0.6 is 0 Å². The predicted octanol–water partition coefficient (Wildman–Crippen LogP) is 3.99. The van der Waals surface area contributed by atoms with Crippen molar-refractivity contribution in [2.75, 3.05) is 31.6 Å². The topological polar surface area (TPSA) is 82.4 Å². The minimum absolute atomic E-state index is 0.0903. The number of carbonyl (C=O) groups is 1. The molecule has 2 aromatic rings. The summed E-state index contributed by atoms with van der Waals surface area (Å²) in [5, 5.41) is 8.94. The number of hydrogen-bond acceptors (Lipinski definition) is 6. The van der Waals surface area contributed by atoms with Gasteiger partial charge in [0.1, 0.15) is 17.6 Å². The molecule has 0 radical (unpaired) electrons. The highest BCUT2D eigenvalue weighted by Gasteiger charge is 2.33. The van der Waals surface area contributed by atoms with Gasteiger partial charge in [0.05, 0.1) is 18.9 Å². The zero-order valence-corrected chi connectivity index (χ0v) is 18.9. The van der Waals surface area contributed by atoms with Crippen LogP contribution in [0.1, 0.15) is 44.7 Å². The molecule has 2 heterocycles. The zero-order chi connectivity index (χ0) is 23.7. The van der Waals surface area contributed by atoms with Gasteiger partial charge in [-0.1, -0.05) is 0 Å². The van der Waals surface area contributed by atoms with E-state index >= 15 is 0 Å². The molecule has 0 aliphatic heterocycles. The minimum atomic E-state index is -3.19. The van der Waals surface area contributed by atoms with Crippen LogP contribution in [-0.4, -0.2) is 53.6 Å². The molecule has 1 amide bonds. The average Bonchev–Trinajstić information content (AvgIpc) is 2.82. The summed E-state index contributed by atoms with van der Waals surface area (Å²) in [7, 11) is 1.38. The Labute approximate surface area is 187 Å². The number of likely N-dealkylation sites (N-methyl/N-ethyl adjacent to an activating group) is 2. The highest BCUT2D eigenvalue weighted by molar-refractivity contribution is 5.76. The summed E-state index contributed by atoms with van der Waals surface area (Å²) in [6, 6.07) is 6.64. The van der Waals surface area contributed by atoms with Crippen LogP contribution in [0.2, 0.25) is 0 Å². The molecule has 2 aromatic heterocycles. The number of rotatable bonds is 11. The summed E-state index contributed by atoms with van der Waals surface area (Å²) >= 11 is 0. The van der Waals surface area contributed by atoms with Crippen LogP contribution in [0, 0.1) is 11.3 Å². The first kappa shape index (κ1) is 25.0. The van der Waals surface area contributed by atoms with Gasteiger partial charge in [0, 0.05) is 56.5 Å². The molecule has 0 saturated carbocycles. The van der Waals surface area contributed by atoms with Crippen molar-refractivity contribution in [1.29, 1.82) is 5.26 Å². The molecule has 9 heteroatoms. The number of pyridine rings is 2. The molecule has 7 nitrogen and oxygen atoms in total. The zero-order valence-electron chi connectivity index (χ0n) is 18.9. The molecule has 0 aromatic carbocycles. The lowest BCUT2D eigenvalue weighted by Gasteiger charge is -2.33. The van der Waals surface area contributed by atoms with E-state index in [1.807, 2.05) is 31.7 Å². The summed E-state index contributed by atoms with van der Waals surface area (Å²) < 4.78 is 34.2. The van der Waals surface area contributed by atoms with E-state index in [2.05, 4.69) is 9.97 Å². The van der Waals surface area contributed by atoms with Crippen LogP contribution in [0.3, 0.4) is 0 Å². The Balaban J connectivity index is 2.02.